The Hall–Kier alpha value is -1.09. The minimum absolute atomic E-state index is 0.826. The summed E-state index contributed by atoms with van der Waals surface area (Å²) in [5.41, 5.74) is 1.11. The molecule has 110 valence electrons. The Balaban J connectivity index is 0.000000184. The quantitative estimate of drug-likeness (QED) is 0.540. The van der Waals surface area contributed by atoms with Crippen LogP contribution in [0.4, 0.5) is 0 Å². The van der Waals surface area contributed by atoms with Crippen molar-refractivity contribution in [3.8, 4) is 5.69 Å². The Kier molecular flexibility index (Phi) is 7.72. The molecule has 1 aromatic heterocycles. The van der Waals surface area contributed by atoms with E-state index < -0.39 is 20.8 Å². The number of benzene rings is 1. The number of allylic oxidation sites excluding steroid dienone is 4. The van der Waals surface area contributed by atoms with E-state index in [2.05, 4.69) is 46.6 Å². The Bertz CT molecular complexity index is 690. The molecule has 0 aliphatic heterocycles. The first-order chi connectivity index (χ1) is 10.8. The van der Waals surface area contributed by atoms with Crippen LogP contribution in [0.25, 0.3) is 16.5 Å². The van der Waals surface area contributed by atoms with Gasteiger partial charge in [-0.1, -0.05) is 6.07 Å². The molecule has 0 fully saturated rings. The predicted molar refractivity (Wildman–Crippen MR) is 87.7 cm³/mol. The zero-order valence-electron chi connectivity index (χ0n) is 11.7. The number of halogens is 2. The fourth-order valence-electron chi connectivity index (χ4n) is 1.96. The average molecular weight is 409 g/mol. The largest absolute Gasteiger partial charge is 0.307 e. The van der Waals surface area contributed by atoms with E-state index in [9.17, 15) is 0 Å². The molecule has 0 atom stereocenters. The predicted octanol–water partition coefficient (Wildman–Crippen LogP) is 4.82. The molecule has 0 saturated carbocycles. The van der Waals surface area contributed by atoms with E-state index in [4.69, 9.17) is 17.0 Å². The third-order valence-electron chi connectivity index (χ3n) is 2.91. The number of rotatable bonds is 1. The Labute approximate surface area is 148 Å². The van der Waals surface area contributed by atoms with Crippen molar-refractivity contribution in [2.45, 2.75) is 6.42 Å². The summed E-state index contributed by atoms with van der Waals surface area (Å²) in [4.78, 5) is 0. The standard InChI is InChI=1S/C11H8N3.C5H5.2ClH.Zr/c1-2-4-10-6-11(5-9(10)3-1)14-7-12-13-8-14;1-2-4-5-3-1;;;/h1-8H;1-3H,4H2;2*1H;/q2*-1;;;+4/p-2. The van der Waals surface area contributed by atoms with Crippen LogP contribution in [-0.2, 0) is 20.8 Å². The van der Waals surface area contributed by atoms with E-state index in [0.717, 1.165) is 12.1 Å². The van der Waals surface area contributed by atoms with E-state index in [1.807, 2.05) is 28.9 Å². The van der Waals surface area contributed by atoms with E-state index >= 15 is 0 Å². The Morgan fingerprint density at radius 1 is 1.18 bits per heavy atom. The molecule has 0 N–H and O–H groups in total. The second kappa shape index (κ2) is 9.83. The summed E-state index contributed by atoms with van der Waals surface area (Å²) in [6, 6.07) is 12.5. The molecule has 2 aromatic carbocycles. The summed E-state index contributed by atoms with van der Waals surface area (Å²) < 4.78 is 1.90. The van der Waals surface area contributed by atoms with Gasteiger partial charge in [-0.3, -0.25) is 6.08 Å². The van der Waals surface area contributed by atoms with Crippen molar-refractivity contribution < 1.29 is 20.8 Å². The molecular weight excluding hydrogens is 396 g/mol. The minimum Gasteiger partial charge on any atom is -0.307 e. The van der Waals surface area contributed by atoms with Crippen LogP contribution in [0, 0.1) is 6.08 Å². The van der Waals surface area contributed by atoms with Gasteiger partial charge in [0, 0.05) is 0 Å². The number of nitrogens with zero attached hydrogens (tertiary/aromatic N) is 3. The van der Waals surface area contributed by atoms with Crippen LogP contribution in [0.3, 0.4) is 0 Å². The number of hydrogen-bond acceptors (Lipinski definition) is 2. The smallest absolute Gasteiger partial charge is 0.122 e. The average Bonchev–Trinajstić information content (AvgIpc) is 3.29. The molecule has 1 aliphatic rings. The summed E-state index contributed by atoms with van der Waals surface area (Å²) in [7, 11) is 9.87. The summed E-state index contributed by atoms with van der Waals surface area (Å²) in [5.74, 6) is 0. The van der Waals surface area contributed by atoms with Crippen LogP contribution in [0.1, 0.15) is 6.42 Å². The maximum Gasteiger partial charge on any atom is 0.122 e. The molecule has 22 heavy (non-hydrogen) atoms. The van der Waals surface area contributed by atoms with Crippen LogP contribution < -0.4 is 0 Å². The molecule has 4 rings (SSSR count). The van der Waals surface area contributed by atoms with E-state index in [1.54, 1.807) is 12.7 Å². The summed E-state index contributed by atoms with van der Waals surface area (Å²) in [5, 5.41) is 10.1. The molecule has 0 spiro atoms. The molecule has 0 saturated heterocycles. The molecule has 0 bridgehead atoms. The van der Waals surface area contributed by atoms with E-state index in [-0.39, 0.29) is 0 Å². The molecule has 3 nitrogen and oxygen atoms in total. The normalized spacial score (nSPS) is 11.4. The number of hydrogen-bond donors (Lipinski definition) is 0. The molecule has 6 heteroatoms. The summed E-state index contributed by atoms with van der Waals surface area (Å²) in [6.07, 6.45) is 13.4. The number of aromatic nitrogens is 3. The fraction of sp³-hybridized carbons (Fsp3) is 0.0625. The first-order valence-corrected chi connectivity index (χ1v) is 12.9. The van der Waals surface area contributed by atoms with Gasteiger partial charge in [0.2, 0.25) is 0 Å². The third-order valence-corrected chi connectivity index (χ3v) is 2.91. The van der Waals surface area contributed by atoms with Crippen molar-refractivity contribution in [2.24, 2.45) is 0 Å². The van der Waals surface area contributed by atoms with Crippen LogP contribution in [0.15, 0.2) is 67.3 Å². The van der Waals surface area contributed by atoms with Crippen molar-refractivity contribution in [1.29, 1.82) is 0 Å². The SMILES string of the molecule is [C-]1=CC=CC1.[Cl][Zr+2][Cl].c1ccc2[cH-]c(-n3cnnc3)cc2c1. The van der Waals surface area contributed by atoms with Crippen LogP contribution in [-0.4, -0.2) is 14.8 Å². The topological polar surface area (TPSA) is 30.7 Å². The van der Waals surface area contributed by atoms with Gasteiger partial charge in [0.25, 0.3) is 0 Å². The zero-order valence-corrected chi connectivity index (χ0v) is 15.6. The molecule has 0 unspecified atom stereocenters. The van der Waals surface area contributed by atoms with Crippen molar-refractivity contribution in [3.05, 3.63) is 73.4 Å². The monoisotopic (exact) mass is 407 g/mol. The van der Waals surface area contributed by atoms with Crippen molar-refractivity contribution in [2.75, 3.05) is 0 Å². The van der Waals surface area contributed by atoms with Gasteiger partial charge in [-0.2, -0.15) is 6.08 Å². The van der Waals surface area contributed by atoms with E-state index in [1.165, 1.54) is 10.8 Å². The summed E-state index contributed by atoms with van der Waals surface area (Å²) in [6.45, 7) is 0. The maximum atomic E-state index is 4.93. The fourth-order valence-corrected chi connectivity index (χ4v) is 1.96. The Morgan fingerprint density at radius 3 is 2.45 bits per heavy atom. The van der Waals surface area contributed by atoms with E-state index in [0.29, 0.717) is 0 Å². The molecular formula is C16H13Cl2N3Zr. The molecule has 1 heterocycles. The molecule has 0 amide bonds. The van der Waals surface area contributed by atoms with Gasteiger partial charge in [-0.15, -0.1) is 57.7 Å². The van der Waals surface area contributed by atoms with Crippen LogP contribution in [0.2, 0.25) is 0 Å². The van der Waals surface area contributed by atoms with Gasteiger partial charge in [0.05, 0.1) is 0 Å². The first-order valence-electron chi connectivity index (χ1n) is 6.53. The third kappa shape index (κ3) is 5.28. The van der Waals surface area contributed by atoms with Crippen LogP contribution in [0.5, 0.6) is 0 Å². The molecule has 1 aliphatic carbocycles. The minimum atomic E-state index is -0.826. The van der Waals surface area contributed by atoms with Gasteiger partial charge >= 0.3 is 37.9 Å². The van der Waals surface area contributed by atoms with Crippen molar-refractivity contribution in [3.63, 3.8) is 0 Å². The van der Waals surface area contributed by atoms with Crippen molar-refractivity contribution >= 4 is 27.8 Å². The maximum absolute atomic E-state index is 4.93. The second-order valence-corrected chi connectivity index (χ2v) is 8.02. The van der Waals surface area contributed by atoms with Crippen LogP contribution >= 0.6 is 17.0 Å². The zero-order chi connectivity index (χ0) is 15.6. The van der Waals surface area contributed by atoms with Gasteiger partial charge in [0.15, 0.2) is 0 Å². The van der Waals surface area contributed by atoms with Crippen molar-refractivity contribution in [1.82, 2.24) is 14.8 Å². The van der Waals surface area contributed by atoms with Gasteiger partial charge in [-0.05, 0) is 5.69 Å². The van der Waals surface area contributed by atoms with Gasteiger partial charge in [-0.25, -0.2) is 12.2 Å². The second-order valence-electron chi connectivity index (χ2n) is 4.29. The molecule has 0 radical (unpaired) electrons. The van der Waals surface area contributed by atoms with Gasteiger partial charge < -0.3 is 4.57 Å². The van der Waals surface area contributed by atoms with Gasteiger partial charge in [0.1, 0.15) is 12.7 Å². The molecule has 3 aromatic rings. The Morgan fingerprint density at radius 2 is 1.91 bits per heavy atom. The summed E-state index contributed by atoms with van der Waals surface area (Å²) >= 11 is -0.826. The number of fused-ring (bicyclic) bond motifs is 1. The first kappa shape index (κ1) is 17.3.